The molecule has 0 aromatic heterocycles. The summed E-state index contributed by atoms with van der Waals surface area (Å²) in [5.74, 6) is 0. The lowest BCUT2D eigenvalue weighted by Crippen LogP contribution is -2.14. The molecule has 0 aliphatic rings. The van der Waals surface area contributed by atoms with E-state index in [1.54, 1.807) is 0 Å². The molecular formula is C15H17BrO3. The molecule has 102 valence electrons. The summed E-state index contributed by atoms with van der Waals surface area (Å²) < 4.78 is 6.63. The predicted octanol–water partition coefficient (Wildman–Crippen LogP) is 2.86. The van der Waals surface area contributed by atoms with Crippen molar-refractivity contribution in [3.8, 4) is 0 Å². The number of halogens is 1. The summed E-state index contributed by atoms with van der Waals surface area (Å²) in [5, 5.41) is 20.3. The third kappa shape index (κ3) is 3.76. The Balaban J connectivity index is 2.03. The summed E-state index contributed by atoms with van der Waals surface area (Å²) in [6, 6.07) is 12.2. The Labute approximate surface area is 121 Å². The first-order valence-electron chi connectivity index (χ1n) is 6.25. The van der Waals surface area contributed by atoms with Gasteiger partial charge in [0.15, 0.2) is 0 Å². The van der Waals surface area contributed by atoms with E-state index in [4.69, 9.17) is 9.84 Å². The van der Waals surface area contributed by atoms with Crippen LogP contribution in [0.5, 0.6) is 0 Å². The van der Waals surface area contributed by atoms with Crippen LogP contribution in [0.1, 0.15) is 12.0 Å². The van der Waals surface area contributed by atoms with Crippen molar-refractivity contribution in [1.29, 1.82) is 0 Å². The molecule has 0 fully saturated rings. The Hall–Kier alpha value is -0.940. The minimum Gasteiger partial charge on any atom is -0.394 e. The lowest BCUT2D eigenvalue weighted by molar-refractivity contribution is 0.0438. The molecule has 0 saturated carbocycles. The molecule has 0 spiro atoms. The fourth-order valence-electron chi connectivity index (χ4n) is 1.94. The molecule has 3 nitrogen and oxygen atoms in total. The second kappa shape index (κ2) is 7.01. The van der Waals surface area contributed by atoms with Gasteiger partial charge in [-0.1, -0.05) is 46.3 Å². The third-order valence-corrected chi connectivity index (χ3v) is 3.72. The van der Waals surface area contributed by atoms with E-state index in [0.29, 0.717) is 19.6 Å². The van der Waals surface area contributed by atoms with Crippen molar-refractivity contribution in [2.75, 3.05) is 13.2 Å². The van der Waals surface area contributed by atoms with Gasteiger partial charge in [0.25, 0.3) is 0 Å². The van der Waals surface area contributed by atoms with Crippen LogP contribution >= 0.6 is 15.9 Å². The zero-order valence-corrected chi connectivity index (χ0v) is 12.1. The minimum atomic E-state index is -0.693. The molecule has 2 aromatic carbocycles. The van der Waals surface area contributed by atoms with Crippen LogP contribution in [-0.4, -0.2) is 29.5 Å². The number of aliphatic hydroxyl groups excluding tert-OH is 2. The second-order valence-electron chi connectivity index (χ2n) is 4.43. The molecule has 1 atom stereocenters. The van der Waals surface area contributed by atoms with Crippen LogP contribution in [0.15, 0.2) is 40.9 Å². The van der Waals surface area contributed by atoms with Gasteiger partial charge in [0, 0.05) is 11.1 Å². The van der Waals surface area contributed by atoms with Crippen LogP contribution in [-0.2, 0) is 11.3 Å². The Kier molecular flexibility index (Phi) is 5.34. The molecule has 0 unspecified atom stereocenters. The van der Waals surface area contributed by atoms with Crippen LogP contribution in [0.4, 0.5) is 0 Å². The molecule has 0 saturated heterocycles. The van der Waals surface area contributed by atoms with Crippen LogP contribution in [0, 0.1) is 0 Å². The van der Waals surface area contributed by atoms with E-state index in [1.807, 2.05) is 24.3 Å². The van der Waals surface area contributed by atoms with Gasteiger partial charge < -0.3 is 14.9 Å². The van der Waals surface area contributed by atoms with Gasteiger partial charge in [-0.3, -0.25) is 0 Å². The summed E-state index contributed by atoms with van der Waals surface area (Å²) in [6.45, 7) is 0.725. The van der Waals surface area contributed by atoms with E-state index in [-0.39, 0.29) is 6.61 Å². The topological polar surface area (TPSA) is 49.7 Å². The molecule has 0 heterocycles. The highest BCUT2D eigenvalue weighted by Gasteiger charge is 2.05. The molecule has 0 radical (unpaired) electrons. The Morgan fingerprint density at radius 2 is 1.84 bits per heavy atom. The number of hydrogen-bond acceptors (Lipinski definition) is 3. The first kappa shape index (κ1) is 14.5. The van der Waals surface area contributed by atoms with Crippen LogP contribution in [0.2, 0.25) is 0 Å². The highest BCUT2D eigenvalue weighted by atomic mass is 79.9. The third-order valence-electron chi connectivity index (χ3n) is 3.02. The average molecular weight is 325 g/mol. The maximum Gasteiger partial charge on any atom is 0.0792 e. The van der Waals surface area contributed by atoms with E-state index in [9.17, 15) is 5.11 Å². The van der Waals surface area contributed by atoms with Crippen LogP contribution in [0.25, 0.3) is 10.8 Å². The van der Waals surface area contributed by atoms with Crippen molar-refractivity contribution < 1.29 is 14.9 Å². The van der Waals surface area contributed by atoms with E-state index in [1.165, 1.54) is 10.8 Å². The fourth-order valence-corrected chi connectivity index (χ4v) is 2.42. The summed E-state index contributed by atoms with van der Waals surface area (Å²) in [7, 11) is 0. The standard InChI is InChI=1S/C15H17BrO3/c16-15-6-5-11(10-19-8-7-12(18)9-17)13-3-1-2-4-14(13)15/h1-6,12,17-18H,7-10H2/t12-/m1/s1. The first-order valence-corrected chi connectivity index (χ1v) is 7.04. The second-order valence-corrected chi connectivity index (χ2v) is 5.28. The molecule has 0 bridgehead atoms. The number of fused-ring (bicyclic) bond motifs is 1. The number of hydrogen-bond donors (Lipinski definition) is 2. The molecule has 0 aliphatic heterocycles. The molecule has 2 rings (SSSR count). The molecule has 0 aliphatic carbocycles. The fraction of sp³-hybridized carbons (Fsp3) is 0.333. The van der Waals surface area contributed by atoms with Gasteiger partial charge in [-0.25, -0.2) is 0 Å². The van der Waals surface area contributed by atoms with Crippen molar-refractivity contribution in [3.05, 3.63) is 46.4 Å². The van der Waals surface area contributed by atoms with E-state index >= 15 is 0 Å². The van der Waals surface area contributed by atoms with E-state index in [0.717, 1.165) is 10.0 Å². The highest BCUT2D eigenvalue weighted by molar-refractivity contribution is 9.10. The number of benzene rings is 2. The van der Waals surface area contributed by atoms with E-state index in [2.05, 4.69) is 28.1 Å². The van der Waals surface area contributed by atoms with Crippen molar-refractivity contribution in [2.45, 2.75) is 19.1 Å². The zero-order chi connectivity index (χ0) is 13.7. The van der Waals surface area contributed by atoms with Gasteiger partial charge in [-0.15, -0.1) is 0 Å². The Bertz CT molecular complexity index is 542. The molecule has 2 N–H and O–H groups in total. The van der Waals surface area contributed by atoms with Crippen molar-refractivity contribution in [2.24, 2.45) is 0 Å². The quantitative estimate of drug-likeness (QED) is 0.803. The predicted molar refractivity (Wildman–Crippen MR) is 79.0 cm³/mol. The van der Waals surface area contributed by atoms with Crippen LogP contribution < -0.4 is 0 Å². The van der Waals surface area contributed by atoms with Gasteiger partial charge in [0.05, 0.1) is 19.3 Å². The van der Waals surface area contributed by atoms with Gasteiger partial charge >= 0.3 is 0 Å². The maximum atomic E-state index is 9.23. The lowest BCUT2D eigenvalue weighted by atomic mass is 10.1. The normalized spacial score (nSPS) is 12.8. The van der Waals surface area contributed by atoms with E-state index < -0.39 is 6.10 Å². The number of rotatable bonds is 6. The monoisotopic (exact) mass is 324 g/mol. The molecule has 4 heteroatoms. The van der Waals surface area contributed by atoms with Crippen molar-refractivity contribution in [1.82, 2.24) is 0 Å². The van der Waals surface area contributed by atoms with Gasteiger partial charge in [0.1, 0.15) is 0 Å². The smallest absolute Gasteiger partial charge is 0.0792 e. The summed E-state index contributed by atoms with van der Waals surface area (Å²) >= 11 is 3.54. The number of aliphatic hydroxyl groups is 2. The highest BCUT2D eigenvalue weighted by Crippen LogP contribution is 2.27. The van der Waals surface area contributed by atoms with Crippen molar-refractivity contribution >= 4 is 26.7 Å². The molecule has 19 heavy (non-hydrogen) atoms. The summed E-state index contributed by atoms with van der Waals surface area (Å²) in [5.41, 5.74) is 1.12. The summed E-state index contributed by atoms with van der Waals surface area (Å²) in [4.78, 5) is 0. The Morgan fingerprint density at radius 1 is 1.11 bits per heavy atom. The van der Waals surface area contributed by atoms with Gasteiger partial charge in [-0.05, 0) is 28.8 Å². The van der Waals surface area contributed by atoms with Gasteiger partial charge in [0.2, 0.25) is 0 Å². The SMILES string of the molecule is OC[C@H](O)CCOCc1ccc(Br)c2ccccc12. The molecular weight excluding hydrogens is 308 g/mol. The number of ether oxygens (including phenoxy) is 1. The van der Waals surface area contributed by atoms with Crippen LogP contribution in [0.3, 0.4) is 0 Å². The first-order chi connectivity index (χ1) is 9.22. The maximum absolute atomic E-state index is 9.23. The Morgan fingerprint density at radius 3 is 2.58 bits per heavy atom. The van der Waals surface area contributed by atoms with Gasteiger partial charge in [-0.2, -0.15) is 0 Å². The molecule has 2 aromatic rings. The average Bonchev–Trinajstić information content (AvgIpc) is 2.45. The largest absolute Gasteiger partial charge is 0.394 e. The van der Waals surface area contributed by atoms with Crippen molar-refractivity contribution in [3.63, 3.8) is 0 Å². The zero-order valence-electron chi connectivity index (χ0n) is 10.6. The molecule has 0 amide bonds. The summed E-state index contributed by atoms with van der Waals surface area (Å²) in [6.07, 6.45) is -0.244. The lowest BCUT2D eigenvalue weighted by Gasteiger charge is -2.10. The minimum absolute atomic E-state index is 0.218.